The van der Waals surface area contributed by atoms with Gasteiger partial charge in [0, 0.05) is 24.6 Å². The van der Waals surface area contributed by atoms with E-state index in [1.807, 2.05) is 0 Å². The fraction of sp³-hybridized carbons (Fsp3) is 0.556. The number of nitrogens with one attached hydrogen (secondary N) is 1. The summed E-state index contributed by atoms with van der Waals surface area (Å²) in [4.78, 5) is 23.3. The number of carbonyl (C=O) groups is 2. The monoisotopic (exact) mass is 352 g/mol. The molecule has 7 nitrogen and oxygen atoms in total. The van der Waals surface area contributed by atoms with Crippen molar-refractivity contribution in [3.05, 3.63) is 23.8 Å². The second-order valence-electron chi connectivity index (χ2n) is 5.53. The first kappa shape index (κ1) is 20.8. The van der Waals surface area contributed by atoms with Gasteiger partial charge in [-0.3, -0.25) is 9.59 Å². The van der Waals surface area contributed by atoms with Gasteiger partial charge in [-0.2, -0.15) is 0 Å². The Morgan fingerprint density at radius 2 is 1.80 bits per heavy atom. The molecule has 0 fully saturated rings. The Kier molecular flexibility index (Phi) is 10.1. The average molecular weight is 352 g/mol. The lowest BCUT2D eigenvalue weighted by molar-refractivity contribution is -0.140. The number of carbonyl (C=O) groups excluding carboxylic acids is 2. The molecule has 0 spiro atoms. The number of amides is 1. The number of hydrogen-bond donors (Lipinski definition) is 2. The highest BCUT2D eigenvalue weighted by Gasteiger charge is 2.10. The van der Waals surface area contributed by atoms with Crippen LogP contribution in [0.1, 0.15) is 42.5 Å². The smallest absolute Gasteiger partial charge is 0.305 e. The summed E-state index contributed by atoms with van der Waals surface area (Å²) in [6, 6.07) is 5.09. The maximum Gasteiger partial charge on any atom is 0.305 e. The minimum absolute atomic E-state index is 0.185. The van der Waals surface area contributed by atoms with Crippen molar-refractivity contribution in [3.8, 4) is 11.5 Å². The van der Waals surface area contributed by atoms with E-state index in [4.69, 9.17) is 15.2 Å². The first-order chi connectivity index (χ1) is 12.1. The van der Waals surface area contributed by atoms with Crippen LogP contribution in [0.5, 0.6) is 11.5 Å². The molecule has 1 aromatic rings. The molecule has 25 heavy (non-hydrogen) atoms. The molecule has 0 unspecified atom stereocenters. The number of methoxy groups -OCH3 is 2. The third kappa shape index (κ3) is 8.39. The van der Waals surface area contributed by atoms with Crippen molar-refractivity contribution in [2.24, 2.45) is 5.73 Å². The first-order valence-corrected chi connectivity index (χ1v) is 8.47. The van der Waals surface area contributed by atoms with Crippen LogP contribution in [0.4, 0.5) is 0 Å². The summed E-state index contributed by atoms with van der Waals surface area (Å²) in [7, 11) is 2.92. The number of hydrogen-bond acceptors (Lipinski definition) is 6. The molecule has 0 aliphatic heterocycles. The molecule has 3 N–H and O–H groups in total. The van der Waals surface area contributed by atoms with Crippen molar-refractivity contribution in [1.29, 1.82) is 0 Å². The molecule has 0 aliphatic rings. The van der Waals surface area contributed by atoms with E-state index in [2.05, 4.69) is 10.1 Å². The van der Waals surface area contributed by atoms with Crippen LogP contribution in [0, 0.1) is 0 Å². The molecule has 0 atom stereocenters. The molecule has 140 valence electrons. The summed E-state index contributed by atoms with van der Waals surface area (Å²) in [5.74, 6) is 0.752. The lowest BCUT2D eigenvalue weighted by Gasteiger charge is -2.11. The summed E-state index contributed by atoms with van der Waals surface area (Å²) in [5.41, 5.74) is 5.93. The van der Waals surface area contributed by atoms with E-state index in [0.29, 0.717) is 43.2 Å². The molecule has 0 saturated carbocycles. The van der Waals surface area contributed by atoms with Crippen molar-refractivity contribution in [2.45, 2.75) is 32.1 Å². The third-order valence-corrected chi connectivity index (χ3v) is 3.57. The number of unbranched alkanes of at least 4 members (excludes halogenated alkanes) is 2. The second kappa shape index (κ2) is 12.1. The van der Waals surface area contributed by atoms with Crippen LogP contribution in [0.25, 0.3) is 0 Å². The van der Waals surface area contributed by atoms with Crippen LogP contribution in [0.2, 0.25) is 0 Å². The van der Waals surface area contributed by atoms with Gasteiger partial charge in [0.2, 0.25) is 0 Å². The van der Waals surface area contributed by atoms with E-state index >= 15 is 0 Å². The van der Waals surface area contributed by atoms with Gasteiger partial charge < -0.3 is 25.3 Å². The first-order valence-electron chi connectivity index (χ1n) is 8.47. The van der Waals surface area contributed by atoms with Gasteiger partial charge in [-0.25, -0.2) is 0 Å². The number of esters is 1. The molecule has 0 aliphatic carbocycles. The summed E-state index contributed by atoms with van der Waals surface area (Å²) in [6.45, 7) is 1.58. The average Bonchev–Trinajstić information content (AvgIpc) is 2.63. The van der Waals surface area contributed by atoms with Gasteiger partial charge in [0.25, 0.3) is 5.91 Å². The van der Waals surface area contributed by atoms with Crippen LogP contribution < -0.4 is 20.5 Å². The number of ether oxygens (including phenoxy) is 3. The minimum Gasteiger partial charge on any atom is -0.497 e. The molecule has 0 saturated heterocycles. The summed E-state index contributed by atoms with van der Waals surface area (Å²) >= 11 is 0. The van der Waals surface area contributed by atoms with E-state index in [-0.39, 0.29) is 11.9 Å². The zero-order chi connectivity index (χ0) is 18.5. The van der Waals surface area contributed by atoms with Crippen LogP contribution >= 0.6 is 0 Å². The second-order valence-corrected chi connectivity index (χ2v) is 5.53. The zero-order valence-electron chi connectivity index (χ0n) is 15.0. The Labute approximate surface area is 148 Å². The molecular formula is C18H28N2O5. The van der Waals surface area contributed by atoms with Gasteiger partial charge >= 0.3 is 5.97 Å². The zero-order valence-corrected chi connectivity index (χ0v) is 15.0. The largest absolute Gasteiger partial charge is 0.497 e. The van der Waals surface area contributed by atoms with Gasteiger partial charge in [-0.05, 0) is 37.9 Å². The van der Waals surface area contributed by atoms with E-state index in [1.54, 1.807) is 25.3 Å². The summed E-state index contributed by atoms with van der Waals surface area (Å²) in [6.07, 6.45) is 3.54. The lowest BCUT2D eigenvalue weighted by Crippen LogP contribution is -2.24. The molecule has 1 amide bonds. The van der Waals surface area contributed by atoms with Crippen molar-refractivity contribution in [2.75, 3.05) is 33.9 Å². The predicted molar refractivity (Wildman–Crippen MR) is 95.0 cm³/mol. The fourth-order valence-electron chi connectivity index (χ4n) is 2.15. The highest BCUT2D eigenvalue weighted by Crippen LogP contribution is 2.23. The molecule has 7 heteroatoms. The number of benzene rings is 1. The predicted octanol–water partition coefficient (Wildman–Crippen LogP) is 1.89. The topological polar surface area (TPSA) is 99.9 Å². The minimum atomic E-state index is -0.206. The third-order valence-electron chi connectivity index (χ3n) is 3.57. The van der Waals surface area contributed by atoms with Crippen molar-refractivity contribution < 1.29 is 23.8 Å². The van der Waals surface area contributed by atoms with Gasteiger partial charge in [0.15, 0.2) is 0 Å². The Bertz CT molecular complexity index is 548. The Hall–Kier alpha value is -2.28. The standard InChI is InChI=1S/C18H28N2O5/c1-23-15-11-14(12-16(13-15)25-10-6-8-19)18(22)20-9-5-3-4-7-17(21)24-2/h11-13H,3-10,19H2,1-2H3,(H,20,22). The number of rotatable bonds is 12. The van der Waals surface area contributed by atoms with Gasteiger partial charge in [-0.1, -0.05) is 6.42 Å². The van der Waals surface area contributed by atoms with Crippen LogP contribution in [-0.4, -0.2) is 45.8 Å². The summed E-state index contributed by atoms with van der Waals surface area (Å²) in [5, 5.41) is 2.86. The summed E-state index contributed by atoms with van der Waals surface area (Å²) < 4.78 is 15.4. The molecular weight excluding hydrogens is 324 g/mol. The van der Waals surface area contributed by atoms with Gasteiger partial charge in [0.1, 0.15) is 11.5 Å². The van der Waals surface area contributed by atoms with Gasteiger partial charge in [0.05, 0.1) is 20.8 Å². The maximum absolute atomic E-state index is 12.3. The van der Waals surface area contributed by atoms with Gasteiger partial charge in [-0.15, -0.1) is 0 Å². The van der Waals surface area contributed by atoms with Crippen LogP contribution in [-0.2, 0) is 9.53 Å². The van der Waals surface area contributed by atoms with Crippen molar-refractivity contribution >= 4 is 11.9 Å². The van der Waals surface area contributed by atoms with Crippen molar-refractivity contribution in [1.82, 2.24) is 5.32 Å². The van der Waals surface area contributed by atoms with E-state index in [9.17, 15) is 9.59 Å². The van der Waals surface area contributed by atoms with E-state index in [0.717, 1.165) is 25.7 Å². The normalized spacial score (nSPS) is 10.2. The van der Waals surface area contributed by atoms with Crippen LogP contribution in [0.3, 0.4) is 0 Å². The molecule has 1 rings (SSSR count). The molecule has 0 heterocycles. The fourth-order valence-corrected chi connectivity index (χ4v) is 2.15. The molecule has 1 aromatic carbocycles. The maximum atomic E-state index is 12.3. The molecule has 0 bridgehead atoms. The number of nitrogens with two attached hydrogens (primary N) is 1. The van der Waals surface area contributed by atoms with E-state index < -0.39 is 0 Å². The molecule has 0 aromatic heterocycles. The molecule has 0 radical (unpaired) electrons. The Morgan fingerprint density at radius 3 is 2.48 bits per heavy atom. The van der Waals surface area contributed by atoms with E-state index in [1.165, 1.54) is 7.11 Å². The van der Waals surface area contributed by atoms with Crippen LogP contribution in [0.15, 0.2) is 18.2 Å². The Morgan fingerprint density at radius 1 is 1.04 bits per heavy atom. The lowest BCUT2D eigenvalue weighted by atomic mass is 10.1. The SMILES string of the molecule is COC(=O)CCCCCNC(=O)c1cc(OC)cc(OCCCN)c1. The highest BCUT2D eigenvalue weighted by atomic mass is 16.5. The highest BCUT2D eigenvalue weighted by molar-refractivity contribution is 5.95. The Balaban J connectivity index is 2.45. The van der Waals surface area contributed by atoms with Crippen molar-refractivity contribution in [3.63, 3.8) is 0 Å². The quantitative estimate of drug-likeness (QED) is 0.440.